The Bertz CT molecular complexity index is 478. The number of hydrogen-bond donors (Lipinski definition) is 1. The number of nitriles is 1. The summed E-state index contributed by atoms with van der Waals surface area (Å²) in [6, 6.07) is 3.73. The lowest BCUT2D eigenvalue weighted by molar-refractivity contribution is -0.0117. The van der Waals surface area contributed by atoms with Crippen molar-refractivity contribution in [2.45, 2.75) is 6.10 Å². The van der Waals surface area contributed by atoms with Crippen LogP contribution in [0.1, 0.15) is 5.56 Å². The van der Waals surface area contributed by atoms with Gasteiger partial charge in [0, 0.05) is 19.6 Å². The maximum absolute atomic E-state index is 13.6. The average Bonchev–Trinajstić information content (AvgIpc) is 2.37. The van der Waals surface area contributed by atoms with Crippen LogP contribution < -0.4 is 5.32 Å². The summed E-state index contributed by atoms with van der Waals surface area (Å²) in [5, 5.41) is 11.3. The van der Waals surface area contributed by atoms with Crippen molar-refractivity contribution in [3.63, 3.8) is 0 Å². The summed E-state index contributed by atoms with van der Waals surface area (Å²) < 4.78 is 32.7. The molecule has 0 aromatic heterocycles. The second-order valence-electron chi connectivity index (χ2n) is 4.56. The number of morpholine rings is 1. The van der Waals surface area contributed by atoms with Gasteiger partial charge in [0.2, 0.25) is 0 Å². The minimum Gasteiger partial charge on any atom is -0.378 e. The number of nitrogens with zero attached hydrogens (tertiary/aromatic N) is 2. The van der Waals surface area contributed by atoms with Gasteiger partial charge in [0.15, 0.2) is 11.6 Å². The van der Waals surface area contributed by atoms with Crippen molar-refractivity contribution < 1.29 is 13.5 Å². The van der Waals surface area contributed by atoms with E-state index in [4.69, 9.17) is 10.00 Å². The minimum atomic E-state index is -0.763. The van der Waals surface area contributed by atoms with E-state index in [9.17, 15) is 8.78 Å². The van der Waals surface area contributed by atoms with Crippen molar-refractivity contribution >= 4 is 5.69 Å². The fourth-order valence-corrected chi connectivity index (χ4v) is 2.01. The van der Waals surface area contributed by atoms with Gasteiger partial charge in [0.25, 0.3) is 0 Å². The monoisotopic (exact) mass is 267 g/mol. The molecular weight excluding hydrogens is 252 g/mol. The van der Waals surface area contributed by atoms with Gasteiger partial charge in [-0.3, -0.25) is 0 Å². The molecule has 1 aromatic carbocycles. The third-order valence-electron chi connectivity index (χ3n) is 3.02. The minimum absolute atomic E-state index is 0.0331. The van der Waals surface area contributed by atoms with Gasteiger partial charge in [-0.2, -0.15) is 5.26 Å². The van der Waals surface area contributed by atoms with Crippen molar-refractivity contribution in [3.8, 4) is 6.07 Å². The Morgan fingerprint density at radius 1 is 1.47 bits per heavy atom. The van der Waals surface area contributed by atoms with Crippen molar-refractivity contribution in [1.82, 2.24) is 4.90 Å². The van der Waals surface area contributed by atoms with Crippen LogP contribution in [0.5, 0.6) is 0 Å². The molecule has 19 heavy (non-hydrogen) atoms. The van der Waals surface area contributed by atoms with Gasteiger partial charge >= 0.3 is 0 Å². The highest BCUT2D eigenvalue weighted by atomic mass is 19.1. The van der Waals surface area contributed by atoms with Gasteiger partial charge in [-0.15, -0.1) is 0 Å². The van der Waals surface area contributed by atoms with E-state index in [1.54, 1.807) is 6.07 Å². The van der Waals surface area contributed by atoms with Crippen LogP contribution in [-0.2, 0) is 4.74 Å². The van der Waals surface area contributed by atoms with E-state index in [2.05, 4.69) is 10.2 Å². The largest absolute Gasteiger partial charge is 0.378 e. The number of ether oxygens (including phenoxy) is 1. The van der Waals surface area contributed by atoms with Crippen molar-refractivity contribution in [2.24, 2.45) is 0 Å². The van der Waals surface area contributed by atoms with E-state index in [0.717, 1.165) is 18.7 Å². The molecule has 1 N–H and O–H groups in total. The highest BCUT2D eigenvalue weighted by Gasteiger charge is 2.19. The Hall–Kier alpha value is -1.71. The number of hydrogen-bond acceptors (Lipinski definition) is 4. The Kier molecular flexibility index (Phi) is 4.30. The summed E-state index contributed by atoms with van der Waals surface area (Å²) in [6.07, 6.45) is -0.104. The number of anilines is 1. The second-order valence-corrected chi connectivity index (χ2v) is 4.56. The molecule has 1 saturated heterocycles. The van der Waals surface area contributed by atoms with Gasteiger partial charge in [-0.1, -0.05) is 0 Å². The number of likely N-dealkylation sites (N-methyl/N-ethyl adjacent to an activating group) is 1. The van der Waals surface area contributed by atoms with Crippen LogP contribution in [0.2, 0.25) is 0 Å². The van der Waals surface area contributed by atoms with E-state index in [1.807, 2.05) is 7.05 Å². The SMILES string of the molecule is CN1CCOC(CNc2c(F)cc(C#N)cc2F)C1. The lowest BCUT2D eigenvalue weighted by atomic mass is 10.2. The summed E-state index contributed by atoms with van der Waals surface area (Å²) in [5.41, 5.74) is -0.245. The first-order valence-corrected chi connectivity index (χ1v) is 6.03. The molecular formula is C13H15F2N3O. The Labute approximate surface area is 110 Å². The second kappa shape index (κ2) is 5.95. The lowest BCUT2D eigenvalue weighted by Gasteiger charge is -2.30. The number of benzene rings is 1. The molecule has 1 aliphatic rings. The van der Waals surface area contributed by atoms with Crippen LogP contribution in [0, 0.1) is 23.0 Å². The molecule has 6 heteroatoms. The van der Waals surface area contributed by atoms with Crippen molar-refractivity contribution in [3.05, 3.63) is 29.3 Å². The highest BCUT2D eigenvalue weighted by Crippen LogP contribution is 2.20. The molecule has 102 valence electrons. The van der Waals surface area contributed by atoms with Crippen molar-refractivity contribution in [2.75, 3.05) is 38.6 Å². The van der Waals surface area contributed by atoms with Crippen LogP contribution >= 0.6 is 0 Å². The van der Waals surface area contributed by atoms with E-state index in [1.165, 1.54) is 0 Å². The fourth-order valence-electron chi connectivity index (χ4n) is 2.01. The van der Waals surface area contributed by atoms with Crippen LogP contribution in [-0.4, -0.2) is 44.3 Å². The molecule has 0 spiro atoms. The molecule has 1 aliphatic heterocycles. The number of nitrogens with one attached hydrogen (secondary N) is 1. The highest BCUT2D eigenvalue weighted by molar-refractivity contribution is 5.50. The number of halogens is 2. The zero-order valence-electron chi connectivity index (χ0n) is 10.6. The average molecular weight is 267 g/mol. The van der Waals surface area contributed by atoms with Gasteiger partial charge < -0.3 is 15.0 Å². The molecule has 1 unspecified atom stereocenters. The standard InChI is InChI=1S/C13H15F2N3O/c1-18-2-3-19-10(8-18)7-17-13-11(14)4-9(6-16)5-12(13)15/h4-5,10,17H,2-3,7-8H2,1H3. The summed E-state index contributed by atoms with van der Waals surface area (Å²) in [7, 11) is 1.97. The first kappa shape index (κ1) is 13.7. The Morgan fingerprint density at radius 2 is 2.16 bits per heavy atom. The smallest absolute Gasteiger partial charge is 0.150 e. The summed E-state index contributed by atoms with van der Waals surface area (Å²) in [6.45, 7) is 2.51. The summed E-state index contributed by atoms with van der Waals surface area (Å²) in [5.74, 6) is -1.53. The summed E-state index contributed by atoms with van der Waals surface area (Å²) >= 11 is 0. The molecule has 1 fully saturated rings. The zero-order valence-corrected chi connectivity index (χ0v) is 10.6. The molecule has 0 saturated carbocycles. The third-order valence-corrected chi connectivity index (χ3v) is 3.02. The molecule has 4 nitrogen and oxygen atoms in total. The molecule has 0 radical (unpaired) electrons. The first-order valence-electron chi connectivity index (χ1n) is 6.03. The van der Waals surface area contributed by atoms with E-state index in [0.29, 0.717) is 19.7 Å². The lowest BCUT2D eigenvalue weighted by Crippen LogP contribution is -2.43. The van der Waals surface area contributed by atoms with Gasteiger partial charge in [-0.25, -0.2) is 8.78 Å². The maximum Gasteiger partial charge on any atom is 0.150 e. The molecule has 2 rings (SSSR count). The van der Waals surface area contributed by atoms with Crippen LogP contribution in [0.25, 0.3) is 0 Å². The predicted octanol–water partition coefficient (Wildman–Crippen LogP) is 1.58. The molecule has 1 atom stereocenters. The van der Waals surface area contributed by atoms with Gasteiger partial charge in [-0.05, 0) is 19.2 Å². The molecule has 1 heterocycles. The van der Waals surface area contributed by atoms with E-state index < -0.39 is 11.6 Å². The van der Waals surface area contributed by atoms with Crippen molar-refractivity contribution in [1.29, 1.82) is 5.26 Å². The zero-order chi connectivity index (χ0) is 13.8. The fraction of sp³-hybridized carbons (Fsp3) is 0.462. The Morgan fingerprint density at radius 3 is 2.74 bits per heavy atom. The normalized spacial score (nSPS) is 20.0. The molecule has 0 amide bonds. The van der Waals surface area contributed by atoms with Crippen LogP contribution in [0.4, 0.5) is 14.5 Å². The van der Waals surface area contributed by atoms with Crippen LogP contribution in [0.15, 0.2) is 12.1 Å². The third kappa shape index (κ3) is 3.40. The Balaban J connectivity index is 2.01. The topological polar surface area (TPSA) is 48.3 Å². The van der Waals surface area contributed by atoms with E-state index >= 15 is 0 Å². The summed E-state index contributed by atoms with van der Waals surface area (Å²) in [4.78, 5) is 2.10. The predicted molar refractivity (Wildman–Crippen MR) is 66.8 cm³/mol. The number of rotatable bonds is 3. The van der Waals surface area contributed by atoms with E-state index in [-0.39, 0.29) is 17.4 Å². The van der Waals surface area contributed by atoms with Gasteiger partial charge in [0.1, 0.15) is 5.69 Å². The maximum atomic E-state index is 13.6. The molecule has 1 aromatic rings. The first-order chi connectivity index (χ1) is 9.10. The van der Waals surface area contributed by atoms with Gasteiger partial charge in [0.05, 0.1) is 24.3 Å². The molecule has 0 bridgehead atoms. The van der Waals surface area contributed by atoms with Crippen LogP contribution in [0.3, 0.4) is 0 Å². The quantitative estimate of drug-likeness (QED) is 0.903. The molecule has 0 aliphatic carbocycles.